The highest BCUT2D eigenvalue weighted by atomic mass is 35.5. The smallest absolute Gasteiger partial charge is 0.317 e. The van der Waals surface area contributed by atoms with Gasteiger partial charge in [0, 0.05) is 43.2 Å². The van der Waals surface area contributed by atoms with Crippen LogP contribution in [0.2, 0.25) is 5.02 Å². The zero-order valence-corrected chi connectivity index (χ0v) is 18.8. The molecule has 0 aromatic heterocycles. The Bertz CT molecular complexity index is 1030. The number of urea groups is 1. The van der Waals surface area contributed by atoms with Crippen LogP contribution in [0.4, 0.5) is 4.79 Å². The van der Waals surface area contributed by atoms with Crippen molar-refractivity contribution in [3.8, 4) is 0 Å². The summed E-state index contributed by atoms with van der Waals surface area (Å²) < 4.78 is 0. The Morgan fingerprint density at radius 3 is 2.06 bits per heavy atom. The summed E-state index contributed by atoms with van der Waals surface area (Å²) in [5.74, 6) is 0.453. The monoisotopic (exact) mass is 445 g/mol. The third kappa shape index (κ3) is 4.67. The number of carbonyl (C=O) groups excluding carboxylic acids is 1. The Morgan fingerprint density at radius 1 is 0.812 bits per heavy atom. The molecule has 1 aliphatic heterocycles. The van der Waals surface area contributed by atoms with Gasteiger partial charge in [-0.2, -0.15) is 0 Å². The second kappa shape index (κ2) is 9.35. The molecule has 1 N–H and O–H groups in total. The van der Waals surface area contributed by atoms with Crippen molar-refractivity contribution in [2.45, 2.75) is 24.4 Å². The van der Waals surface area contributed by atoms with Crippen LogP contribution in [0.3, 0.4) is 0 Å². The van der Waals surface area contributed by atoms with Crippen molar-refractivity contribution in [2.75, 3.05) is 26.2 Å². The topological polar surface area (TPSA) is 35.6 Å². The predicted molar refractivity (Wildman–Crippen MR) is 129 cm³/mol. The lowest BCUT2D eigenvalue weighted by molar-refractivity contribution is 0.120. The van der Waals surface area contributed by atoms with E-state index in [1.807, 2.05) is 29.2 Å². The molecule has 2 unspecified atom stereocenters. The fraction of sp³-hybridized carbons (Fsp3) is 0.296. The van der Waals surface area contributed by atoms with Gasteiger partial charge in [-0.1, -0.05) is 84.4 Å². The summed E-state index contributed by atoms with van der Waals surface area (Å²) in [6.07, 6.45) is 1.03. The van der Waals surface area contributed by atoms with Crippen molar-refractivity contribution in [1.82, 2.24) is 15.1 Å². The van der Waals surface area contributed by atoms with Gasteiger partial charge in [0.25, 0.3) is 0 Å². The normalized spacial score (nSPS) is 21.7. The molecule has 3 aromatic rings. The maximum Gasteiger partial charge on any atom is 0.317 e. The number of rotatable bonds is 5. The molecule has 32 heavy (non-hydrogen) atoms. The zero-order valence-electron chi connectivity index (χ0n) is 18.0. The summed E-state index contributed by atoms with van der Waals surface area (Å²) in [5, 5.41) is 3.99. The van der Waals surface area contributed by atoms with Crippen LogP contribution in [0.25, 0.3) is 0 Å². The first-order valence-electron chi connectivity index (χ1n) is 11.3. The fourth-order valence-corrected chi connectivity index (χ4v) is 4.88. The molecule has 1 aliphatic carbocycles. The second-order valence-electron chi connectivity index (χ2n) is 8.70. The number of amides is 2. The van der Waals surface area contributed by atoms with E-state index >= 15 is 0 Å². The maximum absolute atomic E-state index is 12.9. The van der Waals surface area contributed by atoms with Gasteiger partial charge in [0.15, 0.2) is 0 Å². The fourth-order valence-electron chi connectivity index (χ4n) is 4.75. The minimum absolute atomic E-state index is 0.0656. The maximum atomic E-state index is 12.9. The van der Waals surface area contributed by atoms with Crippen molar-refractivity contribution < 1.29 is 4.79 Å². The molecule has 2 amide bonds. The number of halogens is 1. The van der Waals surface area contributed by atoms with Gasteiger partial charge < -0.3 is 10.2 Å². The van der Waals surface area contributed by atoms with Crippen LogP contribution >= 0.6 is 11.6 Å². The van der Waals surface area contributed by atoms with Gasteiger partial charge in [-0.15, -0.1) is 0 Å². The third-order valence-electron chi connectivity index (χ3n) is 6.59. The molecule has 2 fully saturated rings. The number of hydrogen-bond donors (Lipinski definition) is 1. The summed E-state index contributed by atoms with van der Waals surface area (Å²) in [5.41, 5.74) is 3.80. The minimum Gasteiger partial charge on any atom is -0.335 e. The number of piperazine rings is 1. The van der Waals surface area contributed by atoms with Gasteiger partial charge in [0.05, 0.1) is 6.04 Å². The van der Waals surface area contributed by atoms with Gasteiger partial charge >= 0.3 is 6.03 Å². The molecule has 5 rings (SSSR count). The number of nitrogens with one attached hydrogen (secondary N) is 1. The summed E-state index contributed by atoms with van der Waals surface area (Å²) in [6, 6.07) is 29.6. The average Bonchev–Trinajstić information content (AvgIpc) is 3.61. The molecule has 4 nitrogen and oxygen atoms in total. The molecule has 3 atom stereocenters. The molecule has 2 aliphatic rings. The first-order valence-corrected chi connectivity index (χ1v) is 11.7. The summed E-state index contributed by atoms with van der Waals surface area (Å²) in [7, 11) is 0. The van der Waals surface area contributed by atoms with E-state index in [0.717, 1.165) is 37.6 Å². The van der Waals surface area contributed by atoms with E-state index in [1.165, 1.54) is 16.7 Å². The highest BCUT2D eigenvalue weighted by Crippen LogP contribution is 2.40. The Labute approximate surface area is 194 Å². The van der Waals surface area contributed by atoms with Crippen LogP contribution in [0, 0.1) is 0 Å². The van der Waals surface area contributed by atoms with Gasteiger partial charge in [0.1, 0.15) is 0 Å². The number of hydrogen-bond acceptors (Lipinski definition) is 2. The van der Waals surface area contributed by atoms with E-state index in [-0.39, 0.29) is 18.1 Å². The van der Waals surface area contributed by atoms with Gasteiger partial charge in [0.2, 0.25) is 0 Å². The summed E-state index contributed by atoms with van der Waals surface area (Å²) in [4.78, 5) is 17.3. The van der Waals surface area contributed by atoms with Crippen LogP contribution in [0.1, 0.15) is 35.1 Å². The second-order valence-corrected chi connectivity index (χ2v) is 9.13. The Hall–Kier alpha value is -2.82. The van der Waals surface area contributed by atoms with Crippen LogP contribution < -0.4 is 5.32 Å². The van der Waals surface area contributed by atoms with Crippen LogP contribution in [0.15, 0.2) is 84.9 Å². The highest BCUT2D eigenvalue weighted by Gasteiger charge is 2.40. The molecule has 1 saturated carbocycles. The standard InChI is InChI=1S/C27H28ClN3O/c28-23-13-11-22(12-14-23)26(21-9-5-2-6-10-21)30-15-17-31(18-16-30)27(32)29-25-19-24(25)20-7-3-1-4-8-20/h1-14,24-26H,15-19H2,(H,29,32)/t24-,25?,26?/m0/s1. The van der Waals surface area contributed by atoms with Crippen molar-refractivity contribution in [3.05, 3.63) is 107 Å². The molecule has 164 valence electrons. The molecule has 0 bridgehead atoms. The third-order valence-corrected chi connectivity index (χ3v) is 6.85. The molecule has 1 heterocycles. The molecular weight excluding hydrogens is 418 g/mol. The van der Waals surface area contributed by atoms with Crippen molar-refractivity contribution in [2.24, 2.45) is 0 Å². The van der Waals surface area contributed by atoms with Gasteiger partial charge in [-0.3, -0.25) is 4.90 Å². The van der Waals surface area contributed by atoms with E-state index in [4.69, 9.17) is 11.6 Å². The Morgan fingerprint density at radius 2 is 1.41 bits per heavy atom. The summed E-state index contributed by atoms with van der Waals surface area (Å²) >= 11 is 6.13. The van der Waals surface area contributed by atoms with Crippen LogP contribution in [-0.4, -0.2) is 48.1 Å². The molecule has 1 saturated heterocycles. The Kier molecular flexibility index (Phi) is 6.15. The van der Waals surface area contributed by atoms with Crippen molar-refractivity contribution >= 4 is 17.6 Å². The molecule has 5 heteroatoms. The predicted octanol–water partition coefficient (Wildman–Crippen LogP) is 5.31. The lowest BCUT2D eigenvalue weighted by Crippen LogP contribution is -2.53. The molecular formula is C27H28ClN3O. The highest BCUT2D eigenvalue weighted by molar-refractivity contribution is 6.30. The number of carbonyl (C=O) groups is 1. The van der Waals surface area contributed by atoms with Gasteiger partial charge in [-0.25, -0.2) is 4.79 Å². The van der Waals surface area contributed by atoms with E-state index in [0.29, 0.717) is 5.92 Å². The largest absolute Gasteiger partial charge is 0.335 e. The van der Waals surface area contributed by atoms with E-state index in [1.54, 1.807) is 0 Å². The Balaban J connectivity index is 1.22. The van der Waals surface area contributed by atoms with E-state index in [9.17, 15) is 4.79 Å². The average molecular weight is 446 g/mol. The SMILES string of the molecule is O=C(NC1C[C@H]1c1ccccc1)N1CCN(C(c2ccccc2)c2ccc(Cl)cc2)CC1. The van der Waals surface area contributed by atoms with E-state index in [2.05, 4.69) is 70.9 Å². The number of benzene rings is 3. The van der Waals surface area contributed by atoms with Crippen LogP contribution in [-0.2, 0) is 0 Å². The number of nitrogens with zero attached hydrogens (tertiary/aromatic N) is 2. The molecule has 3 aromatic carbocycles. The molecule has 0 spiro atoms. The van der Waals surface area contributed by atoms with Crippen LogP contribution in [0.5, 0.6) is 0 Å². The quantitative estimate of drug-likeness (QED) is 0.577. The van der Waals surface area contributed by atoms with Crippen molar-refractivity contribution in [3.63, 3.8) is 0 Å². The van der Waals surface area contributed by atoms with Crippen molar-refractivity contribution in [1.29, 1.82) is 0 Å². The minimum atomic E-state index is 0.0656. The lowest BCUT2D eigenvalue weighted by atomic mass is 9.96. The van der Waals surface area contributed by atoms with E-state index < -0.39 is 0 Å². The summed E-state index contributed by atoms with van der Waals surface area (Å²) in [6.45, 7) is 3.13. The van der Waals surface area contributed by atoms with Gasteiger partial charge in [-0.05, 0) is 35.2 Å². The first-order chi connectivity index (χ1) is 15.7. The zero-order chi connectivity index (χ0) is 21.9. The first kappa shape index (κ1) is 21.0. The lowest BCUT2D eigenvalue weighted by Gasteiger charge is -2.39. The molecule has 0 radical (unpaired) electrons.